The van der Waals surface area contributed by atoms with Gasteiger partial charge in [-0.2, -0.15) is 0 Å². The number of benzene rings is 2. The van der Waals surface area contributed by atoms with Crippen molar-refractivity contribution in [2.45, 2.75) is 90.4 Å². The van der Waals surface area contributed by atoms with Crippen molar-refractivity contribution in [1.82, 2.24) is 20.9 Å². The van der Waals surface area contributed by atoms with Gasteiger partial charge in [-0.1, -0.05) is 70.4 Å². The Labute approximate surface area is 307 Å². The summed E-state index contributed by atoms with van der Waals surface area (Å²) in [5, 5.41) is 22.9. The SMILES string of the molecule is CCCC[C@H](NC(=O)Cc1ccc(NC(=O)Nc2ccccc2C)cc1)C(=O)N[C@@H](CC(=O)O)C(=O)N[C@H](C(=O)N1CSC[C@H]1C(N)=O)C(C)CC. The van der Waals surface area contributed by atoms with E-state index < -0.39 is 78.0 Å². The Morgan fingerprint density at radius 3 is 2.21 bits per heavy atom. The summed E-state index contributed by atoms with van der Waals surface area (Å²) in [6.07, 6.45) is 1.08. The average Bonchev–Trinajstić information content (AvgIpc) is 3.60. The van der Waals surface area contributed by atoms with E-state index in [2.05, 4.69) is 26.6 Å². The first-order valence-electron chi connectivity index (χ1n) is 17.3. The van der Waals surface area contributed by atoms with Crippen molar-refractivity contribution in [1.29, 1.82) is 0 Å². The van der Waals surface area contributed by atoms with Crippen LogP contribution < -0.4 is 32.3 Å². The molecule has 0 saturated carbocycles. The number of aryl methyl sites for hydroxylation is 1. The lowest BCUT2D eigenvalue weighted by Crippen LogP contribution is -2.60. The number of primary amides is 1. The Morgan fingerprint density at radius 1 is 0.923 bits per heavy atom. The highest BCUT2D eigenvalue weighted by molar-refractivity contribution is 7.99. The third-order valence-corrected chi connectivity index (χ3v) is 9.76. The van der Waals surface area contributed by atoms with E-state index in [1.54, 1.807) is 37.3 Å². The van der Waals surface area contributed by atoms with Gasteiger partial charge in [-0.15, -0.1) is 11.8 Å². The molecular weight excluding hydrogens is 691 g/mol. The summed E-state index contributed by atoms with van der Waals surface area (Å²) >= 11 is 1.35. The molecule has 1 unspecified atom stereocenters. The number of hydrogen-bond donors (Lipinski definition) is 7. The van der Waals surface area contributed by atoms with Crippen LogP contribution >= 0.6 is 11.8 Å². The van der Waals surface area contributed by atoms with Gasteiger partial charge in [-0.3, -0.25) is 28.8 Å². The fourth-order valence-corrected chi connectivity index (χ4v) is 6.66. The Hall–Kier alpha value is -5.12. The molecule has 16 heteroatoms. The maximum Gasteiger partial charge on any atom is 0.323 e. The summed E-state index contributed by atoms with van der Waals surface area (Å²) in [5.41, 5.74) is 8.18. The number of para-hydroxylation sites is 1. The third kappa shape index (κ3) is 12.3. The molecule has 0 aromatic heterocycles. The van der Waals surface area contributed by atoms with Gasteiger partial charge in [-0.05, 0) is 48.6 Å². The molecule has 0 aliphatic carbocycles. The van der Waals surface area contributed by atoms with E-state index in [0.29, 0.717) is 42.0 Å². The summed E-state index contributed by atoms with van der Waals surface area (Å²) < 4.78 is 0. The van der Waals surface area contributed by atoms with Gasteiger partial charge in [-0.25, -0.2) is 4.79 Å². The van der Waals surface area contributed by atoms with Crippen LogP contribution in [0.3, 0.4) is 0 Å². The number of nitrogens with zero attached hydrogens (tertiary/aromatic N) is 1. The van der Waals surface area contributed by atoms with Gasteiger partial charge in [0.15, 0.2) is 0 Å². The molecule has 2 aromatic carbocycles. The Bertz CT molecular complexity index is 1610. The number of carbonyl (C=O) groups excluding carboxylic acids is 6. The molecule has 282 valence electrons. The zero-order chi connectivity index (χ0) is 38.4. The van der Waals surface area contributed by atoms with Gasteiger partial charge in [0.1, 0.15) is 24.2 Å². The lowest BCUT2D eigenvalue weighted by atomic mass is 9.96. The van der Waals surface area contributed by atoms with Crippen molar-refractivity contribution in [2.75, 3.05) is 22.3 Å². The lowest BCUT2D eigenvalue weighted by Gasteiger charge is -2.31. The van der Waals surface area contributed by atoms with Crippen molar-refractivity contribution in [3.05, 3.63) is 59.7 Å². The molecule has 2 aromatic rings. The Kier molecular flexibility index (Phi) is 15.9. The van der Waals surface area contributed by atoms with E-state index >= 15 is 0 Å². The second-order valence-corrected chi connectivity index (χ2v) is 13.8. The smallest absolute Gasteiger partial charge is 0.323 e. The van der Waals surface area contributed by atoms with Crippen LogP contribution in [0.2, 0.25) is 0 Å². The minimum absolute atomic E-state index is 0.0928. The predicted octanol–water partition coefficient (Wildman–Crippen LogP) is 2.73. The maximum atomic E-state index is 13.5. The molecule has 1 fully saturated rings. The Morgan fingerprint density at radius 2 is 1.60 bits per heavy atom. The number of unbranched alkanes of at least 4 members (excludes halogenated alkanes) is 1. The fraction of sp³-hybridized carbons (Fsp3) is 0.472. The van der Waals surface area contributed by atoms with Crippen LogP contribution in [-0.4, -0.2) is 87.3 Å². The molecule has 8 N–H and O–H groups in total. The van der Waals surface area contributed by atoms with Crippen molar-refractivity contribution in [3.63, 3.8) is 0 Å². The number of aliphatic carboxylic acids is 1. The molecule has 0 spiro atoms. The van der Waals surface area contributed by atoms with E-state index in [9.17, 15) is 38.7 Å². The highest BCUT2D eigenvalue weighted by atomic mass is 32.2. The maximum absolute atomic E-state index is 13.5. The van der Waals surface area contributed by atoms with Crippen LogP contribution in [-0.2, 0) is 35.2 Å². The molecular formula is C36H49N7O8S. The van der Waals surface area contributed by atoms with E-state index in [1.165, 1.54) is 16.7 Å². The number of rotatable bonds is 18. The zero-order valence-corrected chi connectivity index (χ0v) is 30.7. The van der Waals surface area contributed by atoms with Gasteiger partial charge in [0.05, 0.1) is 18.7 Å². The number of nitrogens with one attached hydrogen (secondary N) is 5. The molecule has 1 aliphatic rings. The van der Waals surface area contributed by atoms with Gasteiger partial charge in [0.25, 0.3) is 0 Å². The highest BCUT2D eigenvalue weighted by Gasteiger charge is 2.40. The molecule has 1 saturated heterocycles. The predicted molar refractivity (Wildman–Crippen MR) is 198 cm³/mol. The number of thioether (sulfide) groups is 1. The van der Waals surface area contributed by atoms with Crippen molar-refractivity contribution in [3.8, 4) is 0 Å². The van der Waals surface area contributed by atoms with Crippen LogP contribution in [0.25, 0.3) is 0 Å². The fourth-order valence-electron chi connectivity index (χ4n) is 5.48. The van der Waals surface area contributed by atoms with E-state index in [0.717, 1.165) is 5.56 Å². The monoisotopic (exact) mass is 739 g/mol. The summed E-state index contributed by atoms with van der Waals surface area (Å²) in [6.45, 7) is 7.34. The number of carboxylic acids is 1. The molecule has 52 heavy (non-hydrogen) atoms. The number of urea groups is 1. The Balaban J connectivity index is 1.66. The first-order valence-corrected chi connectivity index (χ1v) is 18.4. The quantitative estimate of drug-likeness (QED) is 0.119. The molecule has 0 bridgehead atoms. The number of carbonyl (C=O) groups is 7. The summed E-state index contributed by atoms with van der Waals surface area (Å²) in [5.74, 6) is -4.56. The third-order valence-electron chi connectivity index (χ3n) is 8.75. The number of hydrogen-bond acceptors (Lipinski definition) is 8. The first kappa shape index (κ1) is 41.3. The molecule has 3 rings (SSSR count). The van der Waals surface area contributed by atoms with E-state index in [4.69, 9.17) is 5.73 Å². The largest absolute Gasteiger partial charge is 0.481 e. The van der Waals surface area contributed by atoms with Gasteiger partial charge < -0.3 is 42.3 Å². The van der Waals surface area contributed by atoms with E-state index in [-0.39, 0.29) is 18.7 Å². The number of amides is 7. The minimum Gasteiger partial charge on any atom is -0.481 e. The van der Waals surface area contributed by atoms with Crippen molar-refractivity contribution >= 4 is 64.7 Å². The van der Waals surface area contributed by atoms with Crippen LogP contribution in [0.5, 0.6) is 0 Å². The molecule has 15 nitrogen and oxygen atoms in total. The van der Waals surface area contributed by atoms with Crippen LogP contribution in [0.4, 0.5) is 16.2 Å². The van der Waals surface area contributed by atoms with Crippen molar-refractivity contribution < 1.29 is 38.7 Å². The molecule has 0 radical (unpaired) electrons. The zero-order valence-electron chi connectivity index (χ0n) is 29.9. The van der Waals surface area contributed by atoms with Gasteiger partial charge in [0.2, 0.25) is 29.5 Å². The molecule has 1 aliphatic heterocycles. The molecule has 1 heterocycles. The van der Waals surface area contributed by atoms with Crippen LogP contribution in [0, 0.1) is 12.8 Å². The first-order chi connectivity index (χ1) is 24.7. The normalized spacial score (nSPS) is 16.1. The van der Waals surface area contributed by atoms with Crippen LogP contribution in [0.15, 0.2) is 48.5 Å². The molecule has 7 amide bonds. The number of carboxylic acid groups (broad SMARTS) is 1. The van der Waals surface area contributed by atoms with Crippen molar-refractivity contribution in [2.24, 2.45) is 11.7 Å². The lowest BCUT2D eigenvalue weighted by molar-refractivity contribution is -0.143. The van der Waals surface area contributed by atoms with E-state index in [1.807, 2.05) is 39.0 Å². The second kappa shape index (κ2) is 20.1. The summed E-state index contributed by atoms with van der Waals surface area (Å²) in [4.78, 5) is 91.1. The van der Waals surface area contributed by atoms with Crippen LogP contribution in [0.1, 0.15) is 64.0 Å². The summed E-state index contributed by atoms with van der Waals surface area (Å²) in [7, 11) is 0. The topological polar surface area (TPSA) is 229 Å². The average molecular weight is 740 g/mol. The highest BCUT2D eigenvalue weighted by Crippen LogP contribution is 2.24. The van der Waals surface area contributed by atoms with Gasteiger partial charge in [0, 0.05) is 17.1 Å². The minimum atomic E-state index is -1.56. The summed E-state index contributed by atoms with van der Waals surface area (Å²) in [6, 6.07) is 8.96. The number of nitrogens with two attached hydrogens (primary N) is 1. The van der Waals surface area contributed by atoms with Gasteiger partial charge >= 0.3 is 12.0 Å². The molecule has 5 atom stereocenters. The standard InChI is InChI=1S/C36H49N7O8S/c1-5-7-11-26(39-29(44)17-23-13-15-24(16-14-23)38-36(51)41-25-12-9-8-10-22(25)4)33(48)40-27(18-30(45)46)34(49)42-31(21(3)6-2)35(50)43-20-52-19-28(43)32(37)47/h8-10,12-16,21,26-28,31H,5-7,11,17-20H2,1-4H3,(H2,37,47)(H,39,44)(H,40,48)(H,42,49)(H,45,46)(H2,38,41,51)/t21?,26-,27-,28-,31-/m0/s1. The number of anilines is 2. The second-order valence-electron chi connectivity index (χ2n) is 12.8.